The standard InChI is InChI=1S/C23H20N4O3S/c1-2-13-29-18-6-3-5-16(14-18)21(28)27-23(31)25-17-10-8-15(9-11-17)22-26-20-19(30-22)7-4-12-24-20/h3-12,14H,2,13H2,1H3,(H2,25,27,28,31). The van der Waals surface area contributed by atoms with Crippen LogP contribution in [0.15, 0.2) is 71.3 Å². The Balaban J connectivity index is 1.38. The molecule has 4 aromatic rings. The zero-order chi connectivity index (χ0) is 21.6. The first kappa shape index (κ1) is 20.5. The molecule has 0 radical (unpaired) electrons. The SMILES string of the molecule is CCCOc1cccc(C(=O)NC(=S)Nc2ccc(-c3nc4ncccc4o3)cc2)c1. The van der Waals surface area contributed by atoms with E-state index in [1.54, 1.807) is 30.5 Å². The van der Waals surface area contributed by atoms with Crippen molar-refractivity contribution in [2.75, 3.05) is 11.9 Å². The van der Waals surface area contributed by atoms with Gasteiger partial charge in [-0.05, 0) is 73.2 Å². The highest BCUT2D eigenvalue weighted by Gasteiger charge is 2.11. The van der Waals surface area contributed by atoms with Crippen LogP contribution in [0.5, 0.6) is 5.75 Å². The Bertz CT molecular complexity index is 1190. The number of thiocarbonyl (C=S) groups is 1. The number of pyridine rings is 1. The molecule has 0 aliphatic carbocycles. The third kappa shape index (κ3) is 5.04. The molecule has 0 saturated heterocycles. The Morgan fingerprint density at radius 2 is 1.97 bits per heavy atom. The van der Waals surface area contributed by atoms with Crippen molar-refractivity contribution in [3.8, 4) is 17.2 Å². The van der Waals surface area contributed by atoms with Crippen LogP contribution >= 0.6 is 12.2 Å². The van der Waals surface area contributed by atoms with E-state index < -0.39 is 0 Å². The van der Waals surface area contributed by atoms with Crippen LogP contribution in [0.25, 0.3) is 22.7 Å². The molecule has 0 atom stereocenters. The van der Waals surface area contributed by atoms with Gasteiger partial charge in [0.2, 0.25) is 5.89 Å². The van der Waals surface area contributed by atoms with Gasteiger partial charge in [-0.1, -0.05) is 13.0 Å². The van der Waals surface area contributed by atoms with Gasteiger partial charge in [0, 0.05) is 23.0 Å². The number of hydrogen-bond donors (Lipinski definition) is 2. The normalized spacial score (nSPS) is 10.6. The highest BCUT2D eigenvalue weighted by Crippen LogP contribution is 2.24. The minimum absolute atomic E-state index is 0.198. The van der Waals surface area contributed by atoms with Crippen LogP contribution in [-0.2, 0) is 0 Å². The molecule has 0 bridgehead atoms. The predicted molar refractivity (Wildman–Crippen MR) is 123 cm³/mol. The van der Waals surface area contributed by atoms with E-state index in [1.165, 1.54) is 0 Å². The predicted octanol–water partition coefficient (Wildman–Crippen LogP) is 4.81. The van der Waals surface area contributed by atoms with Gasteiger partial charge < -0.3 is 14.5 Å². The summed E-state index contributed by atoms with van der Waals surface area (Å²) in [5.41, 5.74) is 3.20. The summed E-state index contributed by atoms with van der Waals surface area (Å²) in [7, 11) is 0. The summed E-state index contributed by atoms with van der Waals surface area (Å²) in [5.74, 6) is 0.828. The van der Waals surface area contributed by atoms with Crippen LogP contribution in [0, 0.1) is 0 Å². The van der Waals surface area contributed by atoms with Crippen molar-refractivity contribution in [3.63, 3.8) is 0 Å². The van der Waals surface area contributed by atoms with Crippen molar-refractivity contribution in [3.05, 3.63) is 72.4 Å². The molecule has 2 heterocycles. The average molecular weight is 433 g/mol. The van der Waals surface area contributed by atoms with Gasteiger partial charge in [-0.15, -0.1) is 0 Å². The lowest BCUT2D eigenvalue weighted by atomic mass is 10.2. The van der Waals surface area contributed by atoms with Crippen LogP contribution in [0.3, 0.4) is 0 Å². The third-order valence-corrected chi connectivity index (χ3v) is 4.55. The fraction of sp³-hybridized carbons (Fsp3) is 0.130. The molecule has 0 fully saturated rings. The van der Waals surface area contributed by atoms with Crippen LogP contribution in [0.4, 0.5) is 5.69 Å². The van der Waals surface area contributed by atoms with Gasteiger partial charge >= 0.3 is 0 Å². The van der Waals surface area contributed by atoms with Crippen molar-refractivity contribution in [2.45, 2.75) is 13.3 Å². The topological polar surface area (TPSA) is 89.3 Å². The van der Waals surface area contributed by atoms with Crippen LogP contribution in [0.1, 0.15) is 23.7 Å². The fourth-order valence-electron chi connectivity index (χ4n) is 2.87. The number of ether oxygens (including phenoxy) is 1. The lowest BCUT2D eigenvalue weighted by molar-refractivity contribution is 0.0977. The molecule has 31 heavy (non-hydrogen) atoms. The molecule has 0 aliphatic rings. The van der Waals surface area contributed by atoms with Gasteiger partial charge in [0.25, 0.3) is 5.91 Å². The molecular weight excluding hydrogens is 412 g/mol. The smallest absolute Gasteiger partial charge is 0.257 e. The van der Waals surface area contributed by atoms with E-state index in [1.807, 2.05) is 43.3 Å². The summed E-state index contributed by atoms with van der Waals surface area (Å²) < 4.78 is 11.3. The molecule has 8 heteroatoms. The summed E-state index contributed by atoms with van der Waals surface area (Å²) in [6.45, 7) is 2.62. The molecule has 0 spiro atoms. The monoisotopic (exact) mass is 432 g/mol. The quantitative estimate of drug-likeness (QED) is 0.423. The van der Waals surface area contributed by atoms with Crippen LogP contribution in [-0.4, -0.2) is 27.6 Å². The summed E-state index contributed by atoms with van der Waals surface area (Å²) >= 11 is 5.27. The molecule has 0 saturated carbocycles. The molecule has 0 unspecified atom stereocenters. The molecule has 0 aliphatic heterocycles. The summed E-state index contributed by atoms with van der Waals surface area (Å²) in [6, 6.07) is 18.0. The number of rotatable bonds is 6. The number of amides is 1. The van der Waals surface area contributed by atoms with Gasteiger partial charge in [0.05, 0.1) is 6.61 Å². The van der Waals surface area contributed by atoms with Gasteiger partial charge in [0.1, 0.15) is 5.75 Å². The summed E-state index contributed by atoms with van der Waals surface area (Å²) in [4.78, 5) is 21.0. The number of nitrogens with one attached hydrogen (secondary N) is 2. The van der Waals surface area contributed by atoms with Crippen molar-refractivity contribution in [2.24, 2.45) is 0 Å². The minimum atomic E-state index is -0.310. The zero-order valence-corrected chi connectivity index (χ0v) is 17.6. The average Bonchev–Trinajstić information content (AvgIpc) is 3.22. The second-order valence-electron chi connectivity index (χ2n) is 6.71. The second kappa shape index (κ2) is 9.36. The van der Waals surface area contributed by atoms with Crippen molar-refractivity contribution in [1.29, 1.82) is 0 Å². The number of aromatic nitrogens is 2. The zero-order valence-electron chi connectivity index (χ0n) is 16.8. The maximum atomic E-state index is 12.5. The molecule has 2 aromatic carbocycles. The molecule has 4 rings (SSSR count). The first-order chi connectivity index (χ1) is 15.1. The van der Waals surface area contributed by atoms with Gasteiger partial charge in [-0.2, -0.15) is 4.98 Å². The largest absolute Gasteiger partial charge is 0.494 e. The van der Waals surface area contributed by atoms with E-state index in [4.69, 9.17) is 21.4 Å². The third-order valence-electron chi connectivity index (χ3n) is 4.35. The molecule has 156 valence electrons. The second-order valence-corrected chi connectivity index (χ2v) is 7.11. The lowest BCUT2D eigenvalue weighted by Crippen LogP contribution is -2.34. The first-order valence-electron chi connectivity index (χ1n) is 9.79. The van der Waals surface area contributed by atoms with E-state index in [2.05, 4.69) is 20.6 Å². The number of hydrogen-bond acceptors (Lipinski definition) is 6. The number of oxazole rings is 1. The Kier molecular flexibility index (Phi) is 6.18. The highest BCUT2D eigenvalue weighted by molar-refractivity contribution is 7.80. The maximum Gasteiger partial charge on any atom is 0.257 e. The molecule has 7 nitrogen and oxygen atoms in total. The van der Waals surface area contributed by atoms with Crippen LogP contribution < -0.4 is 15.4 Å². The Hall–Kier alpha value is -3.78. The Morgan fingerprint density at radius 3 is 2.74 bits per heavy atom. The Morgan fingerprint density at radius 1 is 1.13 bits per heavy atom. The first-order valence-corrected chi connectivity index (χ1v) is 10.2. The van der Waals surface area contributed by atoms with Crippen molar-refractivity contribution < 1.29 is 13.9 Å². The molecule has 2 aromatic heterocycles. The van der Waals surface area contributed by atoms with E-state index in [0.29, 0.717) is 35.0 Å². The number of fused-ring (bicyclic) bond motifs is 1. The maximum absolute atomic E-state index is 12.5. The van der Waals surface area contributed by atoms with E-state index in [-0.39, 0.29) is 11.0 Å². The minimum Gasteiger partial charge on any atom is -0.494 e. The highest BCUT2D eigenvalue weighted by atomic mass is 32.1. The number of benzene rings is 2. The number of anilines is 1. The summed E-state index contributed by atoms with van der Waals surface area (Å²) in [6.07, 6.45) is 2.57. The molecule has 2 N–H and O–H groups in total. The van der Waals surface area contributed by atoms with Gasteiger partial charge in [0.15, 0.2) is 16.3 Å². The Labute approximate surface area is 184 Å². The van der Waals surface area contributed by atoms with E-state index in [0.717, 1.165) is 17.7 Å². The van der Waals surface area contributed by atoms with Crippen LogP contribution in [0.2, 0.25) is 0 Å². The number of nitrogens with zero attached hydrogens (tertiary/aromatic N) is 2. The fourth-order valence-corrected chi connectivity index (χ4v) is 3.08. The molecule has 1 amide bonds. The van der Waals surface area contributed by atoms with Gasteiger partial charge in [-0.25, -0.2) is 4.98 Å². The number of carbonyl (C=O) groups is 1. The number of carbonyl (C=O) groups excluding carboxylic acids is 1. The molecular formula is C23H20N4O3S. The van der Waals surface area contributed by atoms with E-state index >= 15 is 0 Å². The summed E-state index contributed by atoms with van der Waals surface area (Å²) in [5, 5.41) is 5.88. The van der Waals surface area contributed by atoms with Crippen molar-refractivity contribution >= 4 is 40.2 Å². The lowest BCUT2D eigenvalue weighted by Gasteiger charge is -2.11. The van der Waals surface area contributed by atoms with Crippen molar-refractivity contribution in [1.82, 2.24) is 15.3 Å². The van der Waals surface area contributed by atoms with E-state index in [9.17, 15) is 4.79 Å². The van der Waals surface area contributed by atoms with Gasteiger partial charge in [-0.3, -0.25) is 10.1 Å².